The molecular weight excluding hydrogens is 208 g/mol. The predicted molar refractivity (Wildman–Crippen MR) is 80.3 cm³/mol. The fraction of sp³-hybridized carbons (Fsp3) is 0.867. The van der Waals surface area contributed by atoms with E-state index in [9.17, 15) is 0 Å². The summed E-state index contributed by atoms with van der Waals surface area (Å²) in [5, 5.41) is 0. The van der Waals surface area contributed by atoms with Crippen LogP contribution in [0.25, 0.3) is 0 Å². The summed E-state index contributed by atoms with van der Waals surface area (Å²) in [6.07, 6.45) is 14.9. The largest absolute Gasteiger partial charge is 0.0854 e. The molecule has 0 aromatic heterocycles. The molecule has 0 nitrogen and oxygen atoms in total. The van der Waals surface area contributed by atoms with Crippen molar-refractivity contribution in [3.8, 4) is 0 Å². The van der Waals surface area contributed by atoms with Crippen molar-refractivity contribution in [2.75, 3.05) is 0 Å². The molecule has 0 bridgehead atoms. The lowest BCUT2D eigenvalue weighted by molar-refractivity contribution is 0.670. The van der Waals surface area contributed by atoms with Crippen LogP contribution >= 0.6 is 0 Å². The van der Waals surface area contributed by atoms with Crippen molar-refractivity contribution in [2.45, 2.75) is 84.1 Å². The highest BCUT2D eigenvalue weighted by atomic mass is 28.1. The zero-order valence-corrected chi connectivity index (χ0v) is 14.0. The minimum Gasteiger partial charge on any atom is -0.0854 e. The normalized spacial score (nSPS) is 14.3. The quantitative estimate of drug-likeness (QED) is 0.296. The molecule has 16 heavy (non-hydrogen) atoms. The van der Waals surface area contributed by atoms with Crippen LogP contribution in [0, 0.1) is 0 Å². The van der Waals surface area contributed by atoms with Crippen LogP contribution in [0.5, 0.6) is 0 Å². The van der Waals surface area contributed by atoms with Crippen molar-refractivity contribution in [2.24, 2.45) is 0 Å². The molecule has 0 fully saturated rings. The molecule has 0 rings (SSSR count). The number of hydrogen-bond acceptors (Lipinski definition) is 0. The van der Waals surface area contributed by atoms with E-state index in [1.54, 1.807) is 5.57 Å². The maximum absolute atomic E-state index is 2.58. The summed E-state index contributed by atoms with van der Waals surface area (Å²) in [5.41, 5.74) is 2.76. The Hall–Kier alpha value is -0.0431. The molecule has 1 atom stereocenters. The lowest BCUT2D eigenvalue weighted by atomic mass is 9.99. The fourth-order valence-corrected chi connectivity index (χ4v) is 3.05. The molecule has 0 heterocycles. The standard InChI is InChI=1S/C15H32Si/c1-4-7-10-12-14(11-8-5-2)15(16)13-9-6-3/h12,15H,4-11,13H2,1-3,16H3. The summed E-state index contributed by atoms with van der Waals surface area (Å²) in [6.45, 7) is 6.90. The lowest BCUT2D eigenvalue weighted by Crippen LogP contribution is -1.98. The summed E-state index contributed by atoms with van der Waals surface area (Å²) < 4.78 is 0. The SMILES string of the molecule is CCCCC=C(CCCC)C([SiH3])CCCC. The Kier molecular flexibility index (Phi) is 11.4. The minimum atomic E-state index is 0.961. The third kappa shape index (κ3) is 8.15. The van der Waals surface area contributed by atoms with Gasteiger partial charge in [-0.2, -0.15) is 0 Å². The molecule has 0 aromatic carbocycles. The second-order valence-corrected chi connectivity index (χ2v) is 6.46. The van der Waals surface area contributed by atoms with E-state index in [4.69, 9.17) is 0 Å². The van der Waals surface area contributed by atoms with Gasteiger partial charge in [0, 0.05) is 10.2 Å². The van der Waals surface area contributed by atoms with Crippen molar-refractivity contribution in [3.63, 3.8) is 0 Å². The van der Waals surface area contributed by atoms with Crippen molar-refractivity contribution in [1.82, 2.24) is 0 Å². The van der Waals surface area contributed by atoms with Gasteiger partial charge >= 0.3 is 0 Å². The maximum Gasteiger partial charge on any atom is 0.0118 e. The molecule has 1 heteroatoms. The van der Waals surface area contributed by atoms with Gasteiger partial charge in [-0.15, -0.1) is 0 Å². The van der Waals surface area contributed by atoms with Crippen LogP contribution in [0.15, 0.2) is 11.6 Å². The number of unbranched alkanes of at least 4 members (excludes halogenated alkanes) is 4. The van der Waals surface area contributed by atoms with Gasteiger partial charge in [0.15, 0.2) is 0 Å². The number of allylic oxidation sites excluding steroid dienone is 2. The molecule has 0 saturated heterocycles. The van der Waals surface area contributed by atoms with Crippen LogP contribution in [0.1, 0.15) is 78.6 Å². The van der Waals surface area contributed by atoms with E-state index in [0.29, 0.717) is 0 Å². The second-order valence-electron chi connectivity index (χ2n) is 5.07. The Morgan fingerprint density at radius 3 is 2.19 bits per heavy atom. The van der Waals surface area contributed by atoms with Crippen LogP contribution in [-0.2, 0) is 0 Å². The molecule has 0 radical (unpaired) electrons. The first-order chi connectivity index (χ1) is 7.76. The Balaban J connectivity index is 4.10. The van der Waals surface area contributed by atoms with E-state index in [0.717, 1.165) is 5.54 Å². The summed E-state index contributed by atoms with van der Waals surface area (Å²) in [7, 11) is 1.35. The highest BCUT2D eigenvalue weighted by Gasteiger charge is 2.07. The molecule has 0 aromatic rings. The summed E-state index contributed by atoms with van der Waals surface area (Å²) in [4.78, 5) is 0. The van der Waals surface area contributed by atoms with E-state index >= 15 is 0 Å². The van der Waals surface area contributed by atoms with Crippen molar-refractivity contribution in [3.05, 3.63) is 11.6 Å². The topological polar surface area (TPSA) is 0 Å². The zero-order chi connectivity index (χ0) is 12.2. The van der Waals surface area contributed by atoms with Crippen molar-refractivity contribution >= 4 is 10.2 Å². The number of hydrogen-bond donors (Lipinski definition) is 0. The molecule has 0 aliphatic carbocycles. The molecule has 0 amide bonds. The highest BCUT2D eigenvalue weighted by molar-refractivity contribution is 6.13. The van der Waals surface area contributed by atoms with Gasteiger partial charge in [-0.1, -0.05) is 70.9 Å². The fourth-order valence-electron chi connectivity index (χ4n) is 2.12. The van der Waals surface area contributed by atoms with Gasteiger partial charge in [-0.25, -0.2) is 0 Å². The maximum atomic E-state index is 2.58. The molecule has 0 N–H and O–H groups in total. The van der Waals surface area contributed by atoms with Gasteiger partial charge in [0.05, 0.1) is 0 Å². The Morgan fingerprint density at radius 1 is 1.00 bits per heavy atom. The predicted octanol–water partition coefficient (Wildman–Crippen LogP) is 4.64. The van der Waals surface area contributed by atoms with E-state index in [-0.39, 0.29) is 0 Å². The second kappa shape index (κ2) is 11.4. The van der Waals surface area contributed by atoms with E-state index in [1.165, 1.54) is 68.0 Å². The van der Waals surface area contributed by atoms with Crippen LogP contribution in [0.3, 0.4) is 0 Å². The summed E-state index contributed by atoms with van der Waals surface area (Å²) >= 11 is 0. The van der Waals surface area contributed by atoms with E-state index in [2.05, 4.69) is 26.8 Å². The first-order valence-corrected chi connectivity index (χ1v) is 8.60. The van der Waals surface area contributed by atoms with Gasteiger partial charge in [0.1, 0.15) is 0 Å². The van der Waals surface area contributed by atoms with Gasteiger partial charge in [-0.05, 0) is 24.8 Å². The van der Waals surface area contributed by atoms with Gasteiger partial charge in [0.25, 0.3) is 0 Å². The van der Waals surface area contributed by atoms with E-state index in [1.807, 2.05) is 0 Å². The monoisotopic (exact) mass is 240 g/mol. The van der Waals surface area contributed by atoms with Crippen molar-refractivity contribution < 1.29 is 0 Å². The minimum absolute atomic E-state index is 0.961. The number of rotatable bonds is 10. The average Bonchev–Trinajstić information content (AvgIpc) is 2.30. The third-order valence-corrected chi connectivity index (χ3v) is 4.73. The molecule has 0 aliphatic heterocycles. The van der Waals surface area contributed by atoms with Gasteiger partial charge in [0.2, 0.25) is 0 Å². The molecule has 0 spiro atoms. The van der Waals surface area contributed by atoms with Crippen LogP contribution in [-0.4, -0.2) is 10.2 Å². The van der Waals surface area contributed by atoms with E-state index < -0.39 is 0 Å². The summed E-state index contributed by atoms with van der Waals surface area (Å²) in [5.74, 6) is 0. The van der Waals surface area contributed by atoms with Crippen molar-refractivity contribution in [1.29, 1.82) is 0 Å². The lowest BCUT2D eigenvalue weighted by Gasteiger charge is -2.16. The van der Waals surface area contributed by atoms with Gasteiger partial charge < -0.3 is 0 Å². The zero-order valence-electron chi connectivity index (χ0n) is 12.0. The molecular formula is C15H32Si. The molecule has 0 saturated carbocycles. The Labute approximate surface area is 106 Å². The molecule has 96 valence electrons. The molecule has 1 unspecified atom stereocenters. The first kappa shape index (κ1) is 16.0. The Bertz CT molecular complexity index is 172. The first-order valence-electron chi connectivity index (χ1n) is 7.45. The van der Waals surface area contributed by atoms with Crippen LogP contribution < -0.4 is 0 Å². The summed E-state index contributed by atoms with van der Waals surface area (Å²) in [6, 6.07) is 0. The Morgan fingerprint density at radius 2 is 1.62 bits per heavy atom. The van der Waals surface area contributed by atoms with Crippen LogP contribution in [0.2, 0.25) is 5.54 Å². The third-order valence-electron chi connectivity index (χ3n) is 3.41. The average molecular weight is 241 g/mol. The molecule has 0 aliphatic rings. The van der Waals surface area contributed by atoms with Gasteiger partial charge in [-0.3, -0.25) is 0 Å². The van der Waals surface area contributed by atoms with Crippen LogP contribution in [0.4, 0.5) is 0 Å². The smallest absolute Gasteiger partial charge is 0.0118 e. The highest BCUT2D eigenvalue weighted by Crippen LogP contribution is 2.26.